The van der Waals surface area contributed by atoms with Crippen molar-refractivity contribution in [1.29, 1.82) is 0 Å². The molecule has 1 aliphatic heterocycles. The van der Waals surface area contributed by atoms with Crippen molar-refractivity contribution in [2.45, 2.75) is 32.8 Å². The van der Waals surface area contributed by atoms with Crippen LogP contribution in [-0.4, -0.2) is 42.2 Å². The van der Waals surface area contributed by atoms with Crippen molar-refractivity contribution >= 4 is 5.91 Å². The van der Waals surface area contributed by atoms with Crippen molar-refractivity contribution in [3.8, 4) is 0 Å². The van der Waals surface area contributed by atoms with E-state index in [9.17, 15) is 9.90 Å². The molecule has 0 saturated heterocycles. The van der Waals surface area contributed by atoms with Gasteiger partial charge in [-0.2, -0.15) is 0 Å². The normalized spacial score (nSPS) is 21.4. The summed E-state index contributed by atoms with van der Waals surface area (Å²) in [7, 11) is 1.58. The van der Waals surface area contributed by atoms with Gasteiger partial charge >= 0.3 is 0 Å². The molecule has 0 spiro atoms. The average molecular weight is 343 g/mol. The second-order valence-corrected chi connectivity index (χ2v) is 7.08. The molecule has 4 nitrogen and oxygen atoms in total. The molecular formula is C21H29NO3. The zero-order valence-electron chi connectivity index (χ0n) is 15.5. The first-order chi connectivity index (χ1) is 11.8. The minimum atomic E-state index is -0.938. The zero-order valence-corrected chi connectivity index (χ0v) is 15.5. The maximum Gasteiger partial charge on any atom is 0.252 e. The molecule has 0 radical (unpaired) electrons. The van der Waals surface area contributed by atoms with Crippen LogP contribution in [-0.2, 0) is 9.53 Å². The molecule has 2 aliphatic rings. The van der Waals surface area contributed by atoms with Crippen LogP contribution in [0.1, 0.15) is 26.7 Å². The van der Waals surface area contributed by atoms with Crippen LogP contribution >= 0.6 is 0 Å². The van der Waals surface area contributed by atoms with Crippen LogP contribution in [0.4, 0.5) is 0 Å². The molecule has 0 aromatic carbocycles. The third-order valence-corrected chi connectivity index (χ3v) is 4.67. The van der Waals surface area contributed by atoms with Gasteiger partial charge in [-0.1, -0.05) is 38.7 Å². The maximum absolute atomic E-state index is 12.7. The largest absolute Gasteiger partial charge is 0.501 e. The highest BCUT2D eigenvalue weighted by atomic mass is 16.5. The fourth-order valence-electron chi connectivity index (χ4n) is 3.22. The summed E-state index contributed by atoms with van der Waals surface area (Å²) in [4.78, 5) is 14.5. The van der Waals surface area contributed by atoms with Gasteiger partial charge in [-0.15, -0.1) is 6.58 Å². The van der Waals surface area contributed by atoms with Crippen LogP contribution in [0.2, 0.25) is 0 Å². The van der Waals surface area contributed by atoms with Gasteiger partial charge < -0.3 is 14.7 Å². The molecule has 1 amide bonds. The van der Waals surface area contributed by atoms with Crippen LogP contribution in [0, 0.1) is 11.8 Å². The number of aliphatic hydroxyl groups excluding tert-OH is 1. The standard InChI is InChI=1S/C21H29NO3/c1-6-16-7-8-17-12-22(13-18(17)10-16)21(24)15(4)20(23)11-19(25-5)9-14(2)3/h6-9,14,16,20,23H,1,4,10-13H2,2-3,5H3. The Balaban J connectivity index is 1.96. The molecule has 2 rings (SSSR count). The molecule has 4 heteroatoms. The number of carbonyl (C=O) groups excluding carboxylic acids is 1. The number of methoxy groups -OCH3 is 1. The van der Waals surface area contributed by atoms with Crippen LogP contribution in [0.15, 0.2) is 59.9 Å². The molecule has 0 saturated carbocycles. The van der Waals surface area contributed by atoms with E-state index < -0.39 is 6.10 Å². The lowest BCUT2D eigenvalue weighted by Gasteiger charge is -2.21. The Morgan fingerprint density at radius 3 is 2.80 bits per heavy atom. The van der Waals surface area contributed by atoms with Gasteiger partial charge in [0.2, 0.25) is 0 Å². The Labute approximate surface area is 150 Å². The second-order valence-electron chi connectivity index (χ2n) is 7.08. The number of nitrogens with zero attached hydrogens (tertiary/aromatic N) is 1. The van der Waals surface area contributed by atoms with Gasteiger partial charge in [-0.25, -0.2) is 0 Å². The number of amides is 1. The summed E-state index contributed by atoms with van der Waals surface area (Å²) in [5.41, 5.74) is 2.70. The van der Waals surface area contributed by atoms with Crippen molar-refractivity contribution < 1.29 is 14.6 Å². The summed E-state index contributed by atoms with van der Waals surface area (Å²) in [6.07, 6.45) is 8.33. The third-order valence-electron chi connectivity index (χ3n) is 4.67. The lowest BCUT2D eigenvalue weighted by atomic mass is 9.91. The van der Waals surface area contributed by atoms with Gasteiger partial charge in [-0.05, 0) is 35.5 Å². The molecule has 1 N–H and O–H groups in total. The Bertz CT molecular complexity index is 640. The summed E-state index contributed by atoms with van der Waals surface area (Å²) in [5, 5.41) is 10.4. The smallest absolute Gasteiger partial charge is 0.252 e. The SMILES string of the molecule is C=CC1C=CC2=C(C1)CN(C(=O)C(=C)C(O)CC(=CC(C)C)OC)C2. The monoisotopic (exact) mass is 343 g/mol. The quantitative estimate of drug-likeness (QED) is 0.438. The Morgan fingerprint density at radius 1 is 1.48 bits per heavy atom. The average Bonchev–Trinajstić information content (AvgIpc) is 3.02. The Kier molecular flexibility index (Phi) is 6.43. The van der Waals surface area contributed by atoms with Gasteiger partial charge in [0.05, 0.1) is 19.0 Å². The van der Waals surface area contributed by atoms with E-state index in [0.717, 1.165) is 6.42 Å². The predicted octanol–water partition coefficient (Wildman–Crippen LogP) is 3.38. The Morgan fingerprint density at radius 2 is 2.20 bits per heavy atom. The third kappa shape index (κ3) is 4.73. The van der Waals surface area contributed by atoms with E-state index in [0.29, 0.717) is 30.7 Å². The maximum atomic E-state index is 12.7. The number of aliphatic hydroxyl groups is 1. The lowest BCUT2D eigenvalue weighted by molar-refractivity contribution is -0.127. The minimum absolute atomic E-state index is 0.189. The molecule has 136 valence electrons. The van der Waals surface area contributed by atoms with Crippen molar-refractivity contribution in [1.82, 2.24) is 4.90 Å². The van der Waals surface area contributed by atoms with Gasteiger partial charge in [-0.3, -0.25) is 4.79 Å². The van der Waals surface area contributed by atoms with Crippen LogP contribution in [0.5, 0.6) is 0 Å². The number of allylic oxidation sites excluding steroid dienone is 3. The van der Waals surface area contributed by atoms with Crippen molar-refractivity contribution in [3.63, 3.8) is 0 Å². The number of ether oxygens (including phenoxy) is 1. The molecular weight excluding hydrogens is 314 g/mol. The summed E-state index contributed by atoms with van der Waals surface area (Å²) in [6.45, 7) is 12.9. The van der Waals surface area contributed by atoms with E-state index in [1.165, 1.54) is 11.1 Å². The summed E-state index contributed by atoms with van der Waals surface area (Å²) < 4.78 is 5.30. The van der Waals surface area contributed by atoms with E-state index in [2.05, 4.69) is 25.3 Å². The highest BCUT2D eigenvalue weighted by Crippen LogP contribution is 2.31. The van der Waals surface area contributed by atoms with Gasteiger partial charge in [0.25, 0.3) is 5.91 Å². The zero-order chi connectivity index (χ0) is 18.6. The molecule has 0 bridgehead atoms. The predicted molar refractivity (Wildman–Crippen MR) is 101 cm³/mol. The number of rotatable bonds is 7. The molecule has 2 atom stereocenters. The van der Waals surface area contributed by atoms with Gasteiger partial charge in [0, 0.05) is 25.1 Å². The summed E-state index contributed by atoms with van der Waals surface area (Å²) >= 11 is 0. The fourth-order valence-corrected chi connectivity index (χ4v) is 3.22. The summed E-state index contributed by atoms with van der Waals surface area (Å²) in [5.74, 6) is 1.13. The molecule has 2 unspecified atom stereocenters. The van der Waals surface area contributed by atoms with Crippen molar-refractivity contribution in [3.05, 3.63) is 59.9 Å². The van der Waals surface area contributed by atoms with E-state index in [1.54, 1.807) is 12.0 Å². The molecule has 0 fully saturated rings. The molecule has 0 aromatic heterocycles. The molecule has 0 aromatic rings. The van der Waals surface area contributed by atoms with Crippen LogP contribution in [0.3, 0.4) is 0 Å². The second kappa shape index (κ2) is 8.34. The van der Waals surface area contributed by atoms with Gasteiger partial charge in [0.15, 0.2) is 0 Å². The first-order valence-electron chi connectivity index (χ1n) is 8.78. The van der Waals surface area contributed by atoms with E-state index in [-0.39, 0.29) is 17.9 Å². The van der Waals surface area contributed by atoms with Crippen LogP contribution < -0.4 is 0 Å². The first kappa shape index (κ1) is 19.3. The minimum Gasteiger partial charge on any atom is -0.501 e. The number of hydrogen-bond donors (Lipinski definition) is 1. The lowest BCUT2D eigenvalue weighted by Crippen LogP contribution is -2.34. The van der Waals surface area contributed by atoms with Crippen molar-refractivity contribution in [2.24, 2.45) is 11.8 Å². The first-order valence-corrected chi connectivity index (χ1v) is 8.78. The summed E-state index contributed by atoms with van der Waals surface area (Å²) in [6, 6.07) is 0. The fraction of sp³-hybridized carbons (Fsp3) is 0.476. The highest BCUT2D eigenvalue weighted by molar-refractivity contribution is 5.94. The van der Waals surface area contributed by atoms with Gasteiger partial charge in [0.1, 0.15) is 0 Å². The molecule has 1 aliphatic carbocycles. The topological polar surface area (TPSA) is 49.8 Å². The molecule has 25 heavy (non-hydrogen) atoms. The molecule has 1 heterocycles. The van der Waals surface area contributed by atoms with Crippen LogP contribution in [0.25, 0.3) is 0 Å². The number of hydrogen-bond acceptors (Lipinski definition) is 3. The highest BCUT2D eigenvalue weighted by Gasteiger charge is 2.30. The number of carbonyl (C=O) groups is 1. The van der Waals surface area contributed by atoms with E-state index in [1.807, 2.05) is 26.0 Å². The van der Waals surface area contributed by atoms with E-state index >= 15 is 0 Å². The van der Waals surface area contributed by atoms with E-state index in [4.69, 9.17) is 4.74 Å². The Hall–Kier alpha value is -2.07. The van der Waals surface area contributed by atoms with Crippen molar-refractivity contribution in [2.75, 3.05) is 20.2 Å².